The van der Waals surface area contributed by atoms with Crippen molar-refractivity contribution < 1.29 is 61.0 Å². The Kier molecular flexibility index (Phi) is 8.12. The number of primary amides is 1. The van der Waals surface area contributed by atoms with Crippen molar-refractivity contribution in [1.82, 2.24) is 0 Å². The van der Waals surface area contributed by atoms with Crippen LogP contribution in [0.3, 0.4) is 0 Å². The zero-order valence-electron chi connectivity index (χ0n) is 4.84. The molecule has 2 N–H and O–H groups in total. The van der Waals surface area contributed by atoms with Crippen LogP contribution in [0, 0.1) is 0 Å². The maximum atomic E-state index is 9.87. The van der Waals surface area contributed by atoms with Crippen molar-refractivity contribution in [2.45, 2.75) is 0 Å². The summed E-state index contributed by atoms with van der Waals surface area (Å²) >= 11 is 0. The summed E-state index contributed by atoms with van der Waals surface area (Å²) in [6, 6.07) is 0. The van der Waals surface area contributed by atoms with Crippen LogP contribution in [0.4, 0.5) is 0 Å². The number of likely N-dealkylation sites (N-methyl/N-ethyl adjacent to an activating group) is 1. The third-order valence-corrected chi connectivity index (χ3v) is 0.414. The summed E-state index contributed by atoms with van der Waals surface area (Å²) in [5.74, 6) is -1.90. The summed E-state index contributed by atoms with van der Waals surface area (Å²) in [6.07, 6.45) is 0. The normalized spacial score (nSPS) is 6.62. The van der Waals surface area contributed by atoms with Crippen LogP contribution < -0.4 is 57.1 Å². The summed E-state index contributed by atoms with van der Waals surface area (Å²) in [6.45, 7) is 0. The second kappa shape index (κ2) is 5.71. The third kappa shape index (κ3) is 4.73. The van der Waals surface area contributed by atoms with E-state index in [0.29, 0.717) is 0 Å². The largest absolute Gasteiger partial charge is 1.00 e. The number of hydrogen-bond donors (Lipinski definition) is 1. The van der Waals surface area contributed by atoms with Crippen LogP contribution in [0.1, 0.15) is 0 Å². The molecule has 0 unspecified atom stereocenters. The average Bonchev–Trinajstić information content (AvgIpc) is 1.65. The van der Waals surface area contributed by atoms with Gasteiger partial charge in [0.15, 0.2) is 0 Å². The molecular formula is C3H5KN2O2. The van der Waals surface area contributed by atoms with E-state index in [1.165, 1.54) is 7.05 Å². The molecule has 0 aliphatic rings. The molecule has 4 nitrogen and oxygen atoms in total. The van der Waals surface area contributed by atoms with Gasteiger partial charge in [-0.15, -0.1) is 7.05 Å². The maximum absolute atomic E-state index is 9.87. The molecule has 0 aromatic rings. The Balaban J connectivity index is 0. The number of amides is 2. The van der Waals surface area contributed by atoms with Crippen LogP contribution in [-0.2, 0) is 9.59 Å². The van der Waals surface area contributed by atoms with Gasteiger partial charge in [0.2, 0.25) is 0 Å². The average molecular weight is 140 g/mol. The predicted molar refractivity (Wildman–Crippen MR) is 23.5 cm³/mol. The molecule has 0 aliphatic heterocycles. The van der Waals surface area contributed by atoms with Gasteiger partial charge in [0, 0.05) is 0 Å². The molecule has 0 rings (SSSR count). The SMILES string of the molecule is C[N-]C(=O)C(N)=O.[K+]. The number of nitrogens with zero attached hydrogens (tertiary/aromatic N) is 1. The van der Waals surface area contributed by atoms with E-state index in [-0.39, 0.29) is 51.4 Å². The van der Waals surface area contributed by atoms with Crippen LogP contribution >= 0.6 is 0 Å². The minimum atomic E-state index is -1.01. The molecule has 0 heterocycles. The van der Waals surface area contributed by atoms with Gasteiger partial charge in [0.1, 0.15) is 5.91 Å². The molecule has 2 amide bonds. The van der Waals surface area contributed by atoms with Crippen molar-refractivity contribution in [2.24, 2.45) is 5.73 Å². The quantitative estimate of drug-likeness (QED) is 0.275. The van der Waals surface area contributed by atoms with E-state index in [1.807, 2.05) is 0 Å². The fraction of sp³-hybridized carbons (Fsp3) is 0.333. The molecule has 0 aliphatic carbocycles. The number of carbonyl (C=O) groups is 2. The van der Waals surface area contributed by atoms with E-state index in [0.717, 1.165) is 0 Å². The van der Waals surface area contributed by atoms with Crippen molar-refractivity contribution in [1.29, 1.82) is 0 Å². The maximum Gasteiger partial charge on any atom is 1.00 e. The zero-order valence-corrected chi connectivity index (χ0v) is 7.96. The molecule has 40 valence electrons. The Morgan fingerprint density at radius 2 is 1.88 bits per heavy atom. The van der Waals surface area contributed by atoms with Gasteiger partial charge < -0.3 is 15.8 Å². The molecule has 0 fully saturated rings. The Labute approximate surface area is 89.6 Å². The van der Waals surface area contributed by atoms with Crippen LogP contribution in [0.25, 0.3) is 5.32 Å². The van der Waals surface area contributed by atoms with Crippen molar-refractivity contribution in [3.8, 4) is 0 Å². The van der Waals surface area contributed by atoms with Gasteiger partial charge >= 0.3 is 51.4 Å². The molecule has 0 spiro atoms. The number of hydrogen-bond acceptors (Lipinski definition) is 2. The van der Waals surface area contributed by atoms with Gasteiger partial charge in [-0.3, -0.25) is 4.79 Å². The Morgan fingerprint density at radius 3 is 1.88 bits per heavy atom. The molecule has 0 saturated heterocycles. The van der Waals surface area contributed by atoms with E-state index < -0.39 is 11.8 Å². The van der Waals surface area contributed by atoms with Crippen LogP contribution in [0.15, 0.2) is 0 Å². The summed E-state index contributed by atoms with van der Waals surface area (Å²) in [5, 5.41) is 2.97. The van der Waals surface area contributed by atoms with Gasteiger partial charge in [0.05, 0.1) is 0 Å². The monoisotopic (exact) mass is 140 g/mol. The van der Waals surface area contributed by atoms with Crippen molar-refractivity contribution in [3.63, 3.8) is 0 Å². The summed E-state index contributed by atoms with van der Waals surface area (Å²) < 4.78 is 0. The summed E-state index contributed by atoms with van der Waals surface area (Å²) in [7, 11) is 1.22. The number of rotatable bonds is 0. The molecule has 0 radical (unpaired) electrons. The van der Waals surface area contributed by atoms with Gasteiger partial charge in [-0.05, 0) is 0 Å². The first-order valence-corrected chi connectivity index (χ1v) is 1.62. The van der Waals surface area contributed by atoms with E-state index in [4.69, 9.17) is 0 Å². The molecule has 0 aromatic heterocycles. The topological polar surface area (TPSA) is 74.3 Å². The van der Waals surface area contributed by atoms with Crippen LogP contribution in [-0.4, -0.2) is 18.9 Å². The van der Waals surface area contributed by atoms with Gasteiger partial charge in [-0.25, -0.2) is 0 Å². The standard InChI is InChI=1S/C3H6N2O2.K/c1-5-3(7)2(4)6;/h1H3,(H3,4,5,6,7);/q;+1/p-1. The fourth-order valence-electron chi connectivity index (χ4n) is 0.110. The molecule has 0 bridgehead atoms. The smallest absolute Gasteiger partial charge is 0.648 e. The van der Waals surface area contributed by atoms with Crippen molar-refractivity contribution in [3.05, 3.63) is 5.32 Å². The minimum absolute atomic E-state index is 0. The van der Waals surface area contributed by atoms with Crippen LogP contribution in [0.5, 0.6) is 0 Å². The zero-order chi connectivity index (χ0) is 5.86. The van der Waals surface area contributed by atoms with Crippen LogP contribution in [0.2, 0.25) is 0 Å². The molecule has 0 saturated carbocycles. The predicted octanol–water partition coefficient (Wildman–Crippen LogP) is -3.99. The molecule has 0 aromatic carbocycles. The third-order valence-electron chi connectivity index (χ3n) is 0.414. The first-order chi connectivity index (χ1) is 3.18. The van der Waals surface area contributed by atoms with Gasteiger partial charge in [-0.2, -0.15) is 0 Å². The van der Waals surface area contributed by atoms with Crippen molar-refractivity contribution >= 4 is 11.8 Å². The summed E-state index contributed by atoms with van der Waals surface area (Å²) in [5.41, 5.74) is 4.46. The number of nitrogens with two attached hydrogens (primary N) is 1. The molecular weight excluding hydrogens is 135 g/mol. The van der Waals surface area contributed by atoms with Gasteiger partial charge in [0.25, 0.3) is 5.91 Å². The molecule has 8 heavy (non-hydrogen) atoms. The first kappa shape index (κ1) is 11.4. The van der Waals surface area contributed by atoms with E-state index in [9.17, 15) is 9.59 Å². The van der Waals surface area contributed by atoms with E-state index in [1.54, 1.807) is 0 Å². The Hall–Kier alpha value is 0.576. The second-order valence-electron chi connectivity index (χ2n) is 0.893. The van der Waals surface area contributed by atoms with Crippen molar-refractivity contribution in [2.75, 3.05) is 7.05 Å². The number of carbonyl (C=O) groups excluding carboxylic acids is 2. The Bertz CT molecular complexity index is 103. The minimum Gasteiger partial charge on any atom is -0.648 e. The molecule has 5 heteroatoms. The Morgan fingerprint density at radius 1 is 1.50 bits per heavy atom. The van der Waals surface area contributed by atoms with E-state index >= 15 is 0 Å². The van der Waals surface area contributed by atoms with E-state index in [2.05, 4.69) is 11.1 Å². The second-order valence-corrected chi connectivity index (χ2v) is 0.893. The first-order valence-electron chi connectivity index (χ1n) is 1.62. The van der Waals surface area contributed by atoms with Gasteiger partial charge in [-0.1, -0.05) is 0 Å². The summed E-state index contributed by atoms with van der Waals surface area (Å²) in [4.78, 5) is 19.6. The molecule has 0 atom stereocenters. The fourth-order valence-corrected chi connectivity index (χ4v) is 0.110.